The second-order valence-electron chi connectivity index (χ2n) is 5.45. The van der Waals surface area contributed by atoms with Crippen LogP contribution in [0.3, 0.4) is 0 Å². The zero-order valence-electron chi connectivity index (χ0n) is 12.3. The Morgan fingerprint density at radius 1 is 1.00 bits per heavy atom. The molecule has 0 saturated heterocycles. The lowest BCUT2D eigenvalue weighted by atomic mass is 9.91. The van der Waals surface area contributed by atoms with E-state index in [9.17, 15) is 0 Å². The molecule has 1 rings (SSSR count). The molecule has 0 radical (unpaired) electrons. The minimum Gasteiger partial charge on any atom is -0.315 e. The van der Waals surface area contributed by atoms with Crippen LogP contribution in [0.5, 0.6) is 0 Å². The average molecular weight is 233 g/mol. The van der Waals surface area contributed by atoms with Crippen molar-refractivity contribution in [3.63, 3.8) is 0 Å². The van der Waals surface area contributed by atoms with Crippen molar-refractivity contribution < 1.29 is 0 Å². The van der Waals surface area contributed by atoms with Crippen LogP contribution in [0.4, 0.5) is 0 Å². The summed E-state index contributed by atoms with van der Waals surface area (Å²) < 4.78 is 0. The van der Waals surface area contributed by atoms with Crippen molar-refractivity contribution in [2.24, 2.45) is 0 Å². The highest BCUT2D eigenvalue weighted by Gasteiger charge is 2.07. The lowest BCUT2D eigenvalue weighted by molar-refractivity contribution is 0.569. The van der Waals surface area contributed by atoms with Crippen molar-refractivity contribution in [3.05, 3.63) is 33.9 Å². The smallest absolute Gasteiger partial charge is 0.00103 e. The molecule has 1 N–H and O–H groups in total. The van der Waals surface area contributed by atoms with Gasteiger partial charge in [-0.25, -0.2) is 0 Å². The van der Waals surface area contributed by atoms with Crippen LogP contribution in [-0.4, -0.2) is 12.6 Å². The van der Waals surface area contributed by atoms with E-state index in [1.54, 1.807) is 5.56 Å². The van der Waals surface area contributed by atoms with E-state index in [1.807, 2.05) is 0 Å². The summed E-state index contributed by atoms with van der Waals surface area (Å²) in [4.78, 5) is 0. The standard InChI is InChI=1S/C16H27N/c1-11(2)17-9-7-8-16-14(5)12(3)10-13(4)15(16)6/h10-11,17H,7-9H2,1-6H3. The maximum Gasteiger partial charge on any atom is 0.00103 e. The molecule has 0 fully saturated rings. The van der Waals surface area contributed by atoms with Crippen molar-refractivity contribution in [2.45, 2.75) is 60.4 Å². The van der Waals surface area contributed by atoms with Crippen molar-refractivity contribution in [2.75, 3.05) is 6.54 Å². The predicted molar refractivity (Wildman–Crippen MR) is 76.8 cm³/mol. The first-order valence-corrected chi connectivity index (χ1v) is 6.73. The molecule has 0 aliphatic heterocycles. The molecule has 0 aliphatic carbocycles. The van der Waals surface area contributed by atoms with Crippen LogP contribution in [0.25, 0.3) is 0 Å². The Morgan fingerprint density at radius 3 is 2.00 bits per heavy atom. The molecule has 0 aromatic heterocycles. The number of hydrogen-bond donors (Lipinski definition) is 1. The molecule has 17 heavy (non-hydrogen) atoms. The van der Waals surface area contributed by atoms with Gasteiger partial charge in [-0.05, 0) is 74.9 Å². The second-order valence-corrected chi connectivity index (χ2v) is 5.45. The highest BCUT2D eigenvalue weighted by molar-refractivity contribution is 5.44. The summed E-state index contributed by atoms with van der Waals surface area (Å²) in [7, 11) is 0. The van der Waals surface area contributed by atoms with Gasteiger partial charge >= 0.3 is 0 Å². The van der Waals surface area contributed by atoms with Gasteiger partial charge in [0.05, 0.1) is 0 Å². The second kappa shape index (κ2) is 6.20. The lowest BCUT2D eigenvalue weighted by Gasteiger charge is -2.16. The molecule has 0 spiro atoms. The van der Waals surface area contributed by atoms with Gasteiger partial charge in [0.2, 0.25) is 0 Å². The number of aryl methyl sites for hydroxylation is 2. The highest BCUT2D eigenvalue weighted by atomic mass is 14.9. The molecule has 1 nitrogen and oxygen atoms in total. The molecule has 0 unspecified atom stereocenters. The van der Waals surface area contributed by atoms with E-state index in [2.05, 4.69) is 52.9 Å². The van der Waals surface area contributed by atoms with Gasteiger partial charge in [-0.2, -0.15) is 0 Å². The number of benzene rings is 1. The molecule has 0 amide bonds. The van der Waals surface area contributed by atoms with Crippen LogP contribution in [0.15, 0.2) is 6.07 Å². The van der Waals surface area contributed by atoms with E-state index in [0.717, 1.165) is 6.54 Å². The first-order valence-electron chi connectivity index (χ1n) is 6.73. The largest absolute Gasteiger partial charge is 0.315 e. The van der Waals surface area contributed by atoms with E-state index in [1.165, 1.54) is 35.1 Å². The number of hydrogen-bond acceptors (Lipinski definition) is 1. The SMILES string of the molecule is Cc1cc(C)c(C)c(CCCNC(C)C)c1C. The summed E-state index contributed by atoms with van der Waals surface area (Å²) in [5, 5.41) is 3.48. The topological polar surface area (TPSA) is 12.0 Å². The van der Waals surface area contributed by atoms with Gasteiger partial charge in [0.15, 0.2) is 0 Å². The Balaban J connectivity index is 2.70. The average Bonchev–Trinajstić information content (AvgIpc) is 2.25. The van der Waals surface area contributed by atoms with Crippen molar-refractivity contribution in [1.29, 1.82) is 0 Å². The Labute approximate surface area is 107 Å². The third kappa shape index (κ3) is 3.85. The predicted octanol–water partition coefficient (Wildman–Crippen LogP) is 3.85. The van der Waals surface area contributed by atoms with E-state index in [4.69, 9.17) is 0 Å². The van der Waals surface area contributed by atoms with Gasteiger partial charge < -0.3 is 5.32 Å². The summed E-state index contributed by atoms with van der Waals surface area (Å²) in [6, 6.07) is 2.90. The van der Waals surface area contributed by atoms with Gasteiger partial charge in [-0.3, -0.25) is 0 Å². The molecule has 0 atom stereocenters. The van der Waals surface area contributed by atoms with Crippen LogP contribution in [0, 0.1) is 27.7 Å². The summed E-state index contributed by atoms with van der Waals surface area (Å²) in [6.45, 7) is 14.5. The molecule has 0 heterocycles. The van der Waals surface area contributed by atoms with Crippen LogP contribution in [0.1, 0.15) is 48.1 Å². The molecule has 0 bridgehead atoms. The fraction of sp³-hybridized carbons (Fsp3) is 0.625. The highest BCUT2D eigenvalue weighted by Crippen LogP contribution is 2.22. The van der Waals surface area contributed by atoms with E-state index >= 15 is 0 Å². The Hall–Kier alpha value is -0.820. The minimum absolute atomic E-state index is 0.594. The number of rotatable bonds is 5. The Bertz CT molecular complexity index is 351. The van der Waals surface area contributed by atoms with Crippen LogP contribution < -0.4 is 5.32 Å². The van der Waals surface area contributed by atoms with Gasteiger partial charge in [-0.15, -0.1) is 0 Å². The Kier molecular flexibility index (Phi) is 5.20. The van der Waals surface area contributed by atoms with Gasteiger partial charge in [0.25, 0.3) is 0 Å². The summed E-state index contributed by atoms with van der Waals surface area (Å²) in [6.07, 6.45) is 2.42. The summed E-state index contributed by atoms with van der Waals surface area (Å²) in [5.41, 5.74) is 7.39. The Morgan fingerprint density at radius 2 is 1.53 bits per heavy atom. The van der Waals surface area contributed by atoms with Crippen molar-refractivity contribution in [3.8, 4) is 0 Å². The first-order chi connectivity index (χ1) is 7.93. The van der Waals surface area contributed by atoms with Gasteiger partial charge in [0.1, 0.15) is 0 Å². The fourth-order valence-electron chi connectivity index (χ4n) is 2.33. The molecule has 0 saturated carbocycles. The minimum atomic E-state index is 0.594. The fourth-order valence-corrected chi connectivity index (χ4v) is 2.33. The van der Waals surface area contributed by atoms with Crippen LogP contribution >= 0.6 is 0 Å². The van der Waals surface area contributed by atoms with Crippen LogP contribution in [-0.2, 0) is 6.42 Å². The third-order valence-electron chi connectivity index (χ3n) is 3.68. The van der Waals surface area contributed by atoms with E-state index in [0.29, 0.717) is 6.04 Å². The third-order valence-corrected chi connectivity index (χ3v) is 3.68. The summed E-state index contributed by atoms with van der Waals surface area (Å²) in [5.74, 6) is 0. The maximum atomic E-state index is 3.48. The summed E-state index contributed by atoms with van der Waals surface area (Å²) >= 11 is 0. The zero-order valence-corrected chi connectivity index (χ0v) is 12.3. The van der Waals surface area contributed by atoms with Crippen molar-refractivity contribution in [1.82, 2.24) is 5.32 Å². The zero-order chi connectivity index (χ0) is 13.0. The molecule has 96 valence electrons. The van der Waals surface area contributed by atoms with Crippen LogP contribution in [0.2, 0.25) is 0 Å². The first kappa shape index (κ1) is 14.2. The quantitative estimate of drug-likeness (QED) is 0.762. The normalized spacial score (nSPS) is 11.2. The molecule has 0 aliphatic rings. The maximum absolute atomic E-state index is 3.48. The molecule has 1 aromatic rings. The van der Waals surface area contributed by atoms with Gasteiger partial charge in [-0.1, -0.05) is 19.9 Å². The van der Waals surface area contributed by atoms with E-state index < -0.39 is 0 Å². The van der Waals surface area contributed by atoms with Crippen molar-refractivity contribution >= 4 is 0 Å². The molecular formula is C16H27N. The molecule has 1 heteroatoms. The number of nitrogens with one attached hydrogen (secondary N) is 1. The lowest BCUT2D eigenvalue weighted by Crippen LogP contribution is -2.24. The van der Waals surface area contributed by atoms with E-state index in [-0.39, 0.29) is 0 Å². The van der Waals surface area contributed by atoms with Gasteiger partial charge in [0, 0.05) is 6.04 Å². The monoisotopic (exact) mass is 233 g/mol. The molecular weight excluding hydrogens is 206 g/mol. The molecule has 1 aromatic carbocycles.